The summed E-state index contributed by atoms with van der Waals surface area (Å²) in [5.74, 6) is 0.562. The minimum Gasteiger partial charge on any atom is -0.490 e. The number of aliphatic hydroxyl groups is 2. The fraction of sp³-hybridized carbons (Fsp3) is 0.455. The summed E-state index contributed by atoms with van der Waals surface area (Å²) in [5, 5.41) is 17.8. The van der Waals surface area contributed by atoms with Crippen LogP contribution in [0.2, 0.25) is 5.02 Å². The molecule has 0 saturated heterocycles. The standard InChI is InChI=1S/C11H15ClO4/c12-10-7-9(8-14)1-2-11(10)16-6-5-15-4-3-13/h1-2,7,13-14H,3-6,8H2. The van der Waals surface area contributed by atoms with E-state index in [1.165, 1.54) is 0 Å². The van der Waals surface area contributed by atoms with Gasteiger partial charge in [-0.2, -0.15) is 0 Å². The average Bonchev–Trinajstić information content (AvgIpc) is 2.30. The number of benzene rings is 1. The van der Waals surface area contributed by atoms with Crippen molar-refractivity contribution >= 4 is 11.6 Å². The van der Waals surface area contributed by atoms with Gasteiger partial charge in [0, 0.05) is 0 Å². The molecule has 0 atom stereocenters. The van der Waals surface area contributed by atoms with Crippen LogP contribution in [0, 0.1) is 0 Å². The Balaban J connectivity index is 2.36. The van der Waals surface area contributed by atoms with Gasteiger partial charge in [-0.15, -0.1) is 0 Å². The van der Waals surface area contributed by atoms with E-state index in [9.17, 15) is 0 Å². The van der Waals surface area contributed by atoms with E-state index in [0.29, 0.717) is 30.6 Å². The van der Waals surface area contributed by atoms with Crippen LogP contribution < -0.4 is 4.74 Å². The highest BCUT2D eigenvalue weighted by Crippen LogP contribution is 2.25. The van der Waals surface area contributed by atoms with Crippen LogP contribution in [0.1, 0.15) is 5.56 Å². The Hall–Kier alpha value is -0.810. The molecule has 0 fully saturated rings. The fourth-order valence-electron chi connectivity index (χ4n) is 1.14. The van der Waals surface area contributed by atoms with Gasteiger partial charge in [0.1, 0.15) is 12.4 Å². The number of halogens is 1. The molecule has 0 aromatic heterocycles. The van der Waals surface area contributed by atoms with E-state index in [2.05, 4.69) is 0 Å². The molecule has 0 aliphatic rings. The highest BCUT2D eigenvalue weighted by Gasteiger charge is 2.02. The van der Waals surface area contributed by atoms with Gasteiger partial charge in [-0.1, -0.05) is 17.7 Å². The summed E-state index contributed by atoms with van der Waals surface area (Å²) in [4.78, 5) is 0. The first kappa shape index (κ1) is 13.3. The zero-order valence-corrected chi connectivity index (χ0v) is 9.61. The maximum atomic E-state index is 8.88. The highest BCUT2D eigenvalue weighted by molar-refractivity contribution is 6.32. The van der Waals surface area contributed by atoms with Crippen molar-refractivity contribution < 1.29 is 19.7 Å². The van der Waals surface area contributed by atoms with Crippen molar-refractivity contribution in [3.8, 4) is 5.75 Å². The van der Waals surface area contributed by atoms with E-state index >= 15 is 0 Å². The second kappa shape index (κ2) is 7.46. The molecule has 4 nitrogen and oxygen atoms in total. The highest BCUT2D eigenvalue weighted by atomic mass is 35.5. The molecule has 0 radical (unpaired) electrons. The van der Waals surface area contributed by atoms with Crippen molar-refractivity contribution in [2.75, 3.05) is 26.4 Å². The third kappa shape index (κ3) is 4.37. The summed E-state index contributed by atoms with van der Waals surface area (Å²) in [5.41, 5.74) is 0.744. The summed E-state index contributed by atoms with van der Waals surface area (Å²) >= 11 is 5.93. The van der Waals surface area contributed by atoms with Crippen molar-refractivity contribution in [2.45, 2.75) is 6.61 Å². The van der Waals surface area contributed by atoms with Crippen molar-refractivity contribution in [3.05, 3.63) is 28.8 Å². The van der Waals surface area contributed by atoms with Crippen LogP contribution in [0.5, 0.6) is 5.75 Å². The first-order valence-electron chi connectivity index (χ1n) is 4.98. The first-order chi connectivity index (χ1) is 7.77. The molecule has 90 valence electrons. The summed E-state index contributed by atoms with van der Waals surface area (Å²) in [7, 11) is 0. The van der Waals surface area contributed by atoms with Crippen molar-refractivity contribution in [2.24, 2.45) is 0 Å². The van der Waals surface area contributed by atoms with Crippen molar-refractivity contribution in [3.63, 3.8) is 0 Å². The molecule has 0 saturated carbocycles. The van der Waals surface area contributed by atoms with Crippen LogP contribution in [-0.4, -0.2) is 36.6 Å². The number of rotatable bonds is 7. The van der Waals surface area contributed by atoms with Crippen LogP contribution in [0.3, 0.4) is 0 Å². The predicted octanol–water partition coefficient (Wildman–Crippen LogP) is 1.22. The summed E-state index contributed by atoms with van der Waals surface area (Å²) in [6.07, 6.45) is 0. The predicted molar refractivity (Wildman–Crippen MR) is 60.8 cm³/mol. The maximum Gasteiger partial charge on any atom is 0.138 e. The second-order valence-corrected chi connectivity index (χ2v) is 3.51. The van der Waals surface area contributed by atoms with Gasteiger partial charge in [0.05, 0.1) is 31.5 Å². The van der Waals surface area contributed by atoms with E-state index in [1.807, 2.05) is 0 Å². The Morgan fingerprint density at radius 1 is 1.12 bits per heavy atom. The van der Waals surface area contributed by atoms with E-state index in [4.69, 9.17) is 31.3 Å². The zero-order valence-electron chi connectivity index (χ0n) is 8.86. The van der Waals surface area contributed by atoms with E-state index < -0.39 is 0 Å². The molecule has 0 heterocycles. The number of hydrogen-bond donors (Lipinski definition) is 2. The summed E-state index contributed by atoms with van der Waals surface area (Å²) in [6.45, 7) is 1.04. The average molecular weight is 247 g/mol. The van der Waals surface area contributed by atoms with Gasteiger partial charge in [-0.3, -0.25) is 0 Å². The Morgan fingerprint density at radius 2 is 1.94 bits per heavy atom. The van der Waals surface area contributed by atoms with Crippen LogP contribution in [0.15, 0.2) is 18.2 Å². The zero-order chi connectivity index (χ0) is 11.8. The number of ether oxygens (including phenoxy) is 2. The molecular weight excluding hydrogens is 232 g/mol. The van der Waals surface area contributed by atoms with Gasteiger partial charge >= 0.3 is 0 Å². The number of aliphatic hydroxyl groups excluding tert-OH is 2. The van der Waals surface area contributed by atoms with Crippen LogP contribution in [0.4, 0.5) is 0 Å². The minimum absolute atomic E-state index is 0.00591. The summed E-state index contributed by atoms with van der Waals surface area (Å²) in [6, 6.07) is 5.11. The van der Waals surface area contributed by atoms with Gasteiger partial charge in [-0.05, 0) is 17.7 Å². The fourth-order valence-corrected chi connectivity index (χ4v) is 1.39. The van der Waals surface area contributed by atoms with Gasteiger partial charge in [0.15, 0.2) is 0 Å². The molecule has 1 aromatic rings. The second-order valence-electron chi connectivity index (χ2n) is 3.11. The van der Waals surface area contributed by atoms with E-state index in [-0.39, 0.29) is 13.2 Å². The van der Waals surface area contributed by atoms with Gasteiger partial charge in [0.2, 0.25) is 0 Å². The maximum absolute atomic E-state index is 8.88. The first-order valence-corrected chi connectivity index (χ1v) is 5.36. The number of hydrogen-bond acceptors (Lipinski definition) is 4. The molecule has 2 N–H and O–H groups in total. The minimum atomic E-state index is -0.0421. The third-order valence-corrected chi connectivity index (χ3v) is 2.20. The largest absolute Gasteiger partial charge is 0.490 e. The molecule has 0 aliphatic carbocycles. The monoisotopic (exact) mass is 246 g/mol. The Kier molecular flexibility index (Phi) is 6.18. The van der Waals surface area contributed by atoms with Crippen LogP contribution in [0.25, 0.3) is 0 Å². The molecule has 0 bridgehead atoms. The topological polar surface area (TPSA) is 58.9 Å². The van der Waals surface area contributed by atoms with Gasteiger partial charge in [-0.25, -0.2) is 0 Å². The van der Waals surface area contributed by atoms with Gasteiger partial charge < -0.3 is 19.7 Å². The molecule has 0 spiro atoms. The lowest BCUT2D eigenvalue weighted by atomic mass is 10.2. The SMILES string of the molecule is OCCOCCOc1ccc(CO)cc1Cl. The quantitative estimate of drug-likeness (QED) is 0.711. The molecule has 5 heteroatoms. The Labute approximate surface area is 99.4 Å². The third-order valence-electron chi connectivity index (χ3n) is 1.90. The molecule has 0 amide bonds. The lowest BCUT2D eigenvalue weighted by Gasteiger charge is -2.08. The molecule has 16 heavy (non-hydrogen) atoms. The molecular formula is C11H15ClO4. The molecule has 1 aromatic carbocycles. The lowest BCUT2D eigenvalue weighted by Crippen LogP contribution is -2.09. The molecule has 0 aliphatic heterocycles. The van der Waals surface area contributed by atoms with Gasteiger partial charge in [0.25, 0.3) is 0 Å². The van der Waals surface area contributed by atoms with Crippen molar-refractivity contribution in [1.29, 1.82) is 0 Å². The molecule has 1 rings (SSSR count). The Bertz CT molecular complexity index is 317. The Morgan fingerprint density at radius 3 is 2.56 bits per heavy atom. The van der Waals surface area contributed by atoms with Crippen LogP contribution in [-0.2, 0) is 11.3 Å². The van der Waals surface area contributed by atoms with E-state index in [0.717, 1.165) is 5.56 Å². The van der Waals surface area contributed by atoms with Crippen LogP contribution >= 0.6 is 11.6 Å². The summed E-state index contributed by atoms with van der Waals surface area (Å²) < 4.78 is 10.4. The van der Waals surface area contributed by atoms with E-state index in [1.54, 1.807) is 18.2 Å². The molecule has 0 unspecified atom stereocenters. The van der Waals surface area contributed by atoms with Crippen molar-refractivity contribution in [1.82, 2.24) is 0 Å². The smallest absolute Gasteiger partial charge is 0.138 e. The lowest BCUT2D eigenvalue weighted by molar-refractivity contribution is 0.0705. The normalized spacial score (nSPS) is 10.4.